The molecule has 0 aliphatic carbocycles. The summed E-state index contributed by atoms with van der Waals surface area (Å²) in [4.78, 5) is 18.5. The molecule has 1 aromatic rings. The molecule has 1 aromatic heterocycles. The Labute approximate surface area is 101 Å². The summed E-state index contributed by atoms with van der Waals surface area (Å²) < 4.78 is 6.34. The second-order valence-electron chi connectivity index (χ2n) is 4.03. The summed E-state index contributed by atoms with van der Waals surface area (Å²) >= 11 is 0. The number of aromatic nitrogens is 3. The third-order valence-electron chi connectivity index (χ3n) is 2.80. The lowest BCUT2D eigenvalue weighted by Gasteiger charge is -2.15. The summed E-state index contributed by atoms with van der Waals surface area (Å²) in [5, 5.41) is 28.2. The molecule has 0 spiro atoms. The molecule has 0 aromatic carbocycles. The second kappa shape index (κ2) is 4.98. The van der Waals surface area contributed by atoms with Crippen molar-refractivity contribution in [3.8, 4) is 0 Å². The number of nitrogen functional groups attached to an aromatic ring is 1. The highest BCUT2D eigenvalue weighted by molar-refractivity contribution is 5.09. The molecule has 4 atom stereocenters. The van der Waals surface area contributed by atoms with Crippen molar-refractivity contribution in [3.05, 3.63) is 16.8 Å². The van der Waals surface area contributed by atoms with Gasteiger partial charge < -0.3 is 25.8 Å². The molecule has 9 nitrogen and oxygen atoms in total. The Morgan fingerprint density at radius 3 is 2.61 bits per heavy atom. The molecule has 1 fully saturated rings. The van der Waals surface area contributed by atoms with Crippen molar-refractivity contribution >= 4 is 5.95 Å². The smallest absolute Gasteiger partial charge is 0.352 e. The maximum absolute atomic E-state index is 11.4. The molecule has 100 valence electrons. The van der Waals surface area contributed by atoms with E-state index in [1.54, 1.807) is 0 Å². The van der Waals surface area contributed by atoms with Gasteiger partial charge in [0.15, 0.2) is 0 Å². The van der Waals surface area contributed by atoms with Crippen LogP contribution in [0.15, 0.2) is 11.1 Å². The Kier molecular flexibility index (Phi) is 3.57. The highest BCUT2D eigenvalue weighted by atomic mass is 16.6. The van der Waals surface area contributed by atoms with Gasteiger partial charge in [-0.15, -0.1) is 0 Å². The van der Waals surface area contributed by atoms with Gasteiger partial charge in [0.1, 0.15) is 30.7 Å². The monoisotopic (exact) mass is 258 g/mol. The lowest BCUT2D eigenvalue weighted by Crippen LogP contribution is -2.37. The summed E-state index contributed by atoms with van der Waals surface area (Å²) in [6, 6.07) is 0. The SMILES string of the molecule is Nc1ncn(C[C@@H]2O[C@H](CO)C(O)[C@@H]2O)c(=O)n1. The van der Waals surface area contributed by atoms with Crippen molar-refractivity contribution < 1.29 is 20.1 Å². The molecule has 2 rings (SSSR count). The maximum Gasteiger partial charge on any atom is 0.352 e. The topological polar surface area (TPSA) is 144 Å². The number of anilines is 1. The van der Waals surface area contributed by atoms with Crippen LogP contribution in [0.2, 0.25) is 0 Å². The molecule has 0 saturated carbocycles. The summed E-state index contributed by atoms with van der Waals surface area (Å²) in [6.45, 7) is -0.449. The Morgan fingerprint density at radius 1 is 1.39 bits per heavy atom. The van der Waals surface area contributed by atoms with E-state index in [2.05, 4.69) is 9.97 Å². The summed E-state index contributed by atoms with van der Waals surface area (Å²) in [6.07, 6.45) is -2.88. The number of nitrogens with zero attached hydrogens (tertiary/aromatic N) is 3. The van der Waals surface area contributed by atoms with Crippen LogP contribution >= 0.6 is 0 Å². The summed E-state index contributed by atoms with van der Waals surface area (Å²) in [5.74, 6) is -0.141. The predicted octanol–water partition coefficient (Wildman–Crippen LogP) is -3.30. The van der Waals surface area contributed by atoms with E-state index < -0.39 is 36.7 Å². The predicted molar refractivity (Wildman–Crippen MR) is 58.5 cm³/mol. The number of rotatable bonds is 3. The molecule has 0 bridgehead atoms. The first-order valence-electron chi connectivity index (χ1n) is 5.34. The van der Waals surface area contributed by atoms with Gasteiger partial charge in [-0.25, -0.2) is 9.78 Å². The number of aliphatic hydroxyl groups excluding tert-OH is 3. The fraction of sp³-hybridized carbons (Fsp3) is 0.667. The Morgan fingerprint density at radius 2 is 2.06 bits per heavy atom. The number of aliphatic hydroxyl groups is 3. The fourth-order valence-electron chi connectivity index (χ4n) is 1.82. The van der Waals surface area contributed by atoms with Gasteiger partial charge in [-0.3, -0.25) is 4.57 Å². The third-order valence-corrected chi connectivity index (χ3v) is 2.80. The zero-order valence-electron chi connectivity index (χ0n) is 9.38. The first-order valence-corrected chi connectivity index (χ1v) is 5.34. The van der Waals surface area contributed by atoms with Gasteiger partial charge in [-0.05, 0) is 0 Å². The van der Waals surface area contributed by atoms with Crippen LogP contribution < -0.4 is 11.4 Å². The van der Waals surface area contributed by atoms with Gasteiger partial charge in [-0.2, -0.15) is 4.98 Å². The lowest BCUT2D eigenvalue weighted by atomic mass is 10.1. The normalized spacial score (nSPS) is 31.7. The molecule has 1 unspecified atom stereocenters. The van der Waals surface area contributed by atoms with E-state index in [-0.39, 0.29) is 12.5 Å². The molecular formula is C9H14N4O5. The van der Waals surface area contributed by atoms with Crippen LogP contribution in [0.4, 0.5) is 5.95 Å². The Hall–Kier alpha value is -1.55. The average Bonchev–Trinajstić information content (AvgIpc) is 2.60. The van der Waals surface area contributed by atoms with Crippen molar-refractivity contribution in [1.29, 1.82) is 0 Å². The molecule has 1 aliphatic heterocycles. The average molecular weight is 258 g/mol. The van der Waals surface area contributed by atoms with Gasteiger partial charge in [0.2, 0.25) is 5.95 Å². The minimum absolute atomic E-state index is 0.0339. The molecule has 0 radical (unpaired) electrons. The van der Waals surface area contributed by atoms with Gasteiger partial charge in [0.25, 0.3) is 0 Å². The molecule has 18 heavy (non-hydrogen) atoms. The Bertz CT molecular complexity index is 478. The maximum atomic E-state index is 11.4. The summed E-state index contributed by atoms with van der Waals surface area (Å²) in [5.41, 5.74) is 4.61. The van der Waals surface area contributed by atoms with Crippen molar-refractivity contribution in [2.24, 2.45) is 0 Å². The van der Waals surface area contributed by atoms with E-state index in [1.807, 2.05) is 0 Å². The van der Waals surface area contributed by atoms with E-state index in [4.69, 9.17) is 15.6 Å². The molecular weight excluding hydrogens is 244 g/mol. The van der Waals surface area contributed by atoms with Crippen LogP contribution in [0, 0.1) is 0 Å². The lowest BCUT2D eigenvalue weighted by molar-refractivity contribution is -0.0269. The van der Waals surface area contributed by atoms with Gasteiger partial charge in [0.05, 0.1) is 13.2 Å². The number of hydrogen-bond donors (Lipinski definition) is 4. The van der Waals surface area contributed by atoms with Crippen LogP contribution in [0.5, 0.6) is 0 Å². The number of nitrogens with two attached hydrogens (primary N) is 1. The third kappa shape index (κ3) is 2.34. The van der Waals surface area contributed by atoms with E-state index in [0.717, 1.165) is 4.57 Å². The van der Waals surface area contributed by atoms with Crippen LogP contribution in [0.3, 0.4) is 0 Å². The zero-order valence-corrected chi connectivity index (χ0v) is 9.38. The van der Waals surface area contributed by atoms with Gasteiger partial charge >= 0.3 is 5.69 Å². The zero-order chi connectivity index (χ0) is 13.3. The van der Waals surface area contributed by atoms with Crippen molar-refractivity contribution in [2.45, 2.75) is 31.0 Å². The van der Waals surface area contributed by atoms with Gasteiger partial charge in [0, 0.05) is 0 Å². The van der Waals surface area contributed by atoms with E-state index in [0.29, 0.717) is 0 Å². The molecule has 9 heteroatoms. The highest BCUT2D eigenvalue weighted by Crippen LogP contribution is 2.21. The van der Waals surface area contributed by atoms with Crippen LogP contribution in [0.1, 0.15) is 0 Å². The molecule has 5 N–H and O–H groups in total. The molecule has 0 amide bonds. The van der Waals surface area contributed by atoms with Crippen molar-refractivity contribution in [2.75, 3.05) is 12.3 Å². The van der Waals surface area contributed by atoms with Crippen LogP contribution in [0.25, 0.3) is 0 Å². The van der Waals surface area contributed by atoms with E-state index in [1.165, 1.54) is 6.33 Å². The molecule has 1 saturated heterocycles. The number of ether oxygens (including phenoxy) is 1. The first-order chi connectivity index (χ1) is 8.52. The number of hydrogen-bond acceptors (Lipinski definition) is 8. The largest absolute Gasteiger partial charge is 0.394 e. The van der Waals surface area contributed by atoms with E-state index in [9.17, 15) is 15.0 Å². The first kappa shape index (κ1) is 12.9. The molecule has 2 heterocycles. The fourth-order valence-corrected chi connectivity index (χ4v) is 1.82. The summed E-state index contributed by atoms with van der Waals surface area (Å²) in [7, 11) is 0. The quantitative estimate of drug-likeness (QED) is 0.441. The molecule has 1 aliphatic rings. The highest BCUT2D eigenvalue weighted by Gasteiger charge is 2.42. The second-order valence-corrected chi connectivity index (χ2v) is 4.03. The minimum Gasteiger partial charge on any atom is -0.394 e. The minimum atomic E-state index is -1.19. The Balaban J connectivity index is 2.13. The van der Waals surface area contributed by atoms with Crippen LogP contribution in [-0.2, 0) is 11.3 Å². The van der Waals surface area contributed by atoms with E-state index >= 15 is 0 Å². The van der Waals surface area contributed by atoms with Crippen molar-refractivity contribution in [3.63, 3.8) is 0 Å². The van der Waals surface area contributed by atoms with Crippen molar-refractivity contribution in [1.82, 2.24) is 14.5 Å². The van der Waals surface area contributed by atoms with Gasteiger partial charge in [-0.1, -0.05) is 0 Å². The van der Waals surface area contributed by atoms with Crippen LogP contribution in [-0.4, -0.2) is 60.9 Å². The standard InChI is InChI=1S/C9H14N4O5/c10-8-11-3-13(9(17)12-8)1-4-6(15)7(16)5(2-14)18-4/h3-7,14-16H,1-2H2,(H2,10,12,17)/t4-,5+,6+,7?/m0/s1.